The summed E-state index contributed by atoms with van der Waals surface area (Å²) in [5, 5.41) is 0. The average Bonchev–Trinajstić information content (AvgIpc) is 2.35. The van der Waals surface area contributed by atoms with E-state index in [4.69, 9.17) is 10.5 Å². The molecule has 1 atom stereocenters. The summed E-state index contributed by atoms with van der Waals surface area (Å²) in [6, 6.07) is 7.66. The molecular formula is C14H22N2O2. The predicted octanol–water partition coefficient (Wildman–Crippen LogP) is 1.95. The molecule has 100 valence electrons. The Balaban J connectivity index is 2.58. The highest BCUT2D eigenvalue weighted by Gasteiger charge is 2.12. The van der Waals surface area contributed by atoms with E-state index >= 15 is 0 Å². The van der Waals surface area contributed by atoms with Gasteiger partial charge in [0.2, 0.25) is 0 Å². The molecule has 4 nitrogen and oxygen atoms in total. The van der Waals surface area contributed by atoms with Crippen LogP contribution >= 0.6 is 0 Å². The first-order valence-electron chi connectivity index (χ1n) is 6.15. The molecule has 0 unspecified atom stereocenters. The molecule has 0 aliphatic rings. The lowest BCUT2D eigenvalue weighted by atomic mass is 10.1. The first kappa shape index (κ1) is 14.5. The zero-order chi connectivity index (χ0) is 13.7. The predicted molar refractivity (Wildman–Crippen MR) is 72.4 cm³/mol. The SMILES string of the molecule is CC(C)N(C)C(=O)COc1cccc([C@@H](C)N)c1. The number of benzene rings is 1. The zero-order valence-electron chi connectivity index (χ0n) is 11.5. The summed E-state index contributed by atoms with van der Waals surface area (Å²) in [5.41, 5.74) is 6.79. The third kappa shape index (κ3) is 4.04. The van der Waals surface area contributed by atoms with E-state index in [1.807, 2.05) is 45.0 Å². The van der Waals surface area contributed by atoms with Crippen LogP contribution < -0.4 is 10.5 Å². The van der Waals surface area contributed by atoms with Crippen molar-refractivity contribution in [2.24, 2.45) is 5.73 Å². The Kier molecular flexibility index (Phi) is 5.16. The number of nitrogens with two attached hydrogens (primary N) is 1. The fraction of sp³-hybridized carbons (Fsp3) is 0.500. The van der Waals surface area contributed by atoms with Crippen LogP contribution in [0, 0.1) is 0 Å². The lowest BCUT2D eigenvalue weighted by Crippen LogP contribution is -2.36. The van der Waals surface area contributed by atoms with Gasteiger partial charge in [-0.25, -0.2) is 0 Å². The number of likely N-dealkylation sites (N-methyl/N-ethyl adjacent to an activating group) is 1. The molecular weight excluding hydrogens is 228 g/mol. The average molecular weight is 250 g/mol. The Labute approximate surface area is 109 Å². The van der Waals surface area contributed by atoms with Gasteiger partial charge in [-0.2, -0.15) is 0 Å². The molecule has 4 heteroatoms. The highest BCUT2D eigenvalue weighted by atomic mass is 16.5. The quantitative estimate of drug-likeness (QED) is 0.869. The fourth-order valence-electron chi connectivity index (χ4n) is 1.42. The minimum Gasteiger partial charge on any atom is -0.484 e. The smallest absolute Gasteiger partial charge is 0.260 e. The molecule has 0 aromatic heterocycles. The van der Waals surface area contributed by atoms with Crippen LogP contribution in [-0.4, -0.2) is 30.5 Å². The number of amides is 1. The minimum atomic E-state index is -0.0393. The number of nitrogens with zero attached hydrogens (tertiary/aromatic N) is 1. The molecule has 0 saturated heterocycles. The van der Waals surface area contributed by atoms with Crippen LogP contribution in [-0.2, 0) is 4.79 Å². The zero-order valence-corrected chi connectivity index (χ0v) is 11.5. The van der Waals surface area contributed by atoms with E-state index in [-0.39, 0.29) is 24.6 Å². The van der Waals surface area contributed by atoms with E-state index in [0.29, 0.717) is 5.75 Å². The van der Waals surface area contributed by atoms with Crippen molar-refractivity contribution in [2.75, 3.05) is 13.7 Å². The topological polar surface area (TPSA) is 55.6 Å². The Hall–Kier alpha value is -1.55. The molecule has 1 aromatic carbocycles. The van der Waals surface area contributed by atoms with Gasteiger partial charge < -0.3 is 15.4 Å². The summed E-state index contributed by atoms with van der Waals surface area (Å²) in [4.78, 5) is 13.4. The third-order valence-corrected chi connectivity index (χ3v) is 2.91. The van der Waals surface area contributed by atoms with Gasteiger partial charge in [-0.15, -0.1) is 0 Å². The maximum Gasteiger partial charge on any atom is 0.260 e. The van der Waals surface area contributed by atoms with Crippen LogP contribution in [0.5, 0.6) is 5.75 Å². The maximum absolute atomic E-state index is 11.8. The van der Waals surface area contributed by atoms with Gasteiger partial charge in [0.05, 0.1) is 0 Å². The molecule has 1 rings (SSSR count). The summed E-state index contributed by atoms with van der Waals surface area (Å²) in [6.07, 6.45) is 0. The van der Waals surface area contributed by atoms with Gasteiger partial charge in [-0.3, -0.25) is 4.79 Å². The molecule has 0 bridgehead atoms. The Morgan fingerprint density at radius 2 is 2.06 bits per heavy atom. The largest absolute Gasteiger partial charge is 0.484 e. The Bertz CT molecular complexity index is 403. The Morgan fingerprint density at radius 1 is 1.39 bits per heavy atom. The standard InChI is InChI=1S/C14H22N2O2/c1-10(2)16(4)14(17)9-18-13-7-5-6-12(8-13)11(3)15/h5-8,10-11H,9,15H2,1-4H3/t11-/m1/s1. The molecule has 0 heterocycles. The van der Waals surface area contributed by atoms with Gasteiger partial charge in [0.1, 0.15) is 5.75 Å². The van der Waals surface area contributed by atoms with Crippen LogP contribution in [0.3, 0.4) is 0 Å². The van der Waals surface area contributed by atoms with Crippen LogP contribution in [0.15, 0.2) is 24.3 Å². The molecule has 1 amide bonds. The lowest BCUT2D eigenvalue weighted by Gasteiger charge is -2.21. The Morgan fingerprint density at radius 3 is 2.61 bits per heavy atom. The van der Waals surface area contributed by atoms with Gasteiger partial charge in [-0.05, 0) is 38.5 Å². The van der Waals surface area contributed by atoms with Crippen molar-refractivity contribution in [3.8, 4) is 5.75 Å². The molecule has 18 heavy (non-hydrogen) atoms. The van der Waals surface area contributed by atoms with Crippen molar-refractivity contribution in [1.82, 2.24) is 4.90 Å². The molecule has 0 fully saturated rings. The summed E-state index contributed by atoms with van der Waals surface area (Å²) >= 11 is 0. The van der Waals surface area contributed by atoms with E-state index in [9.17, 15) is 4.79 Å². The highest BCUT2D eigenvalue weighted by Crippen LogP contribution is 2.17. The summed E-state index contributed by atoms with van der Waals surface area (Å²) < 4.78 is 5.48. The van der Waals surface area contributed by atoms with Crippen LogP contribution in [0.1, 0.15) is 32.4 Å². The summed E-state index contributed by atoms with van der Waals surface area (Å²) in [6.45, 7) is 5.90. The molecule has 0 radical (unpaired) electrons. The second-order valence-electron chi connectivity index (χ2n) is 4.75. The number of hydrogen-bond acceptors (Lipinski definition) is 3. The van der Waals surface area contributed by atoms with Crippen molar-refractivity contribution >= 4 is 5.91 Å². The molecule has 0 saturated carbocycles. The summed E-state index contributed by atoms with van der Waals surface area (Å²) in [5.74, 6) is 0.645. The monoisotopic (exact) mass is 250 g/mol. The fourth-order valence-corrected chi connectivity index (χ4v) is 1.42. The second kappa shape index (κ2) is 6.40. The first-order valence-corrected chi connectivity index (χ1v) is 6.15. The van der Waals surface area contributed by atoms with Crippen molar-refractivity contribution in [1.29, 1.82) is 0 Å². The third-order valence-electron chi connectivity index (χ3n) is 2.91. The number of carbonyl (C=O) groups excluding carboxylic acids is 1. The normalized spacial score (nSPS) is 12.3. The van der Waals surface area contributed by atoms with Crippen molar-refractivity contribution in [3.63, 3.8) is 0 Å². The molecule has 0 aliphatic carbocycles. The maximum atomic E-state index is 11.8. The van der Waals surface area contributed by atoms with Crippen molar-refractivity contribution in [2.45, 2.75) is 32.9 Å². The van der Waals surface area contributed by atoms with E-state index in [2.05, 4.69) is 0 Å². The molecule has 0 aliphatic heterocycles. The molecule has 0 spiro atoms. The summed E-state index contributed by atoms with van der Waals surface area (Å²) in [7, 11) is 1.77. The molecule has 2 N–H and O–H groups in total. The first-order chi connectivity index (χ1) is 8.41. The van der Waals surface area contributed by atoms with Crippen molar-refractivity contribution < 1.29 is 9.53 Å². The lowest BCUT2D eigenvalue weighted by molar-refractivity contribution is -0.133. The van der Waals surface area contributed by atoms with E-state index in [1.54, 1.807) is 11.9 Å². The number of hydrogen-bond donors (Lipinski definition) is 1. The van der Waals surface area contributed by atoms with Gasteiger partial charge in [-0.1, -0.05) is 12.1 Å². The van der Waals surface area contributed by atoms with E-state index in [1.165, 1.54) is 0 Å². The van der Waals surface area contributed by atoms with Crippen molar-refractivity contribution in [3.05, 3.63) is 29.8 Å². The number of carbonyl (C=O) groups is 1. The van der Waals surface area contributed by atoms with Gasteiger partial charge in [0, 0.05) is 19.1 Å². The van der Waals surface area contributed by atoms with Gasteiger partial charge >= 0.3 is 0 Å². The second-order valence-corrected chi connectivity index (χ2v) is 4.75. The number of rotatable bonds is 5. The minimum absolute atomic E-state index is 0.0313. The van der Waals surface area contributed by atoms with E-state index in [0.717, 1.165) is 5.56 Å². The van der Waals surface area contributed by atoms with Crippen LogP contribution in [0.2, 0.25) is 0 Å². The van der Waals surface area contributed by atoms with E-state index < -0.39 is 0 Å². The van der Waals surface area contributed by atoms with Gasteiger partial charge in [0.15, 0.2) is 6.61 Å². The van der Waals surface area contributed by atoms with Gasteiger partial charge in [0.25, 0.3) is 5.91 Å². The highest BCUT2D eigenvalue weighted by molar-refractivity contribution is 5.77. The van der Waals surface area contributed by atoms with Crippen LogP contribution in [0.25, 0.3) is 0 Å². The molecule has 1 aromatic rings. The van der Waals surface area contributed by atoms with Crippen LogP contribution in [0.4, 0.5) is 0 Å². The number of ether oxygens (including phenoxy) is 1.